The Morgan fingerprint density at radius 3 is 2.67 bits per heavy atom. The fraction of sp³-hybridized carbons (Fsp3) is 0.400. The predicted octanol–water partition coefficient (Wildman–Crippen LogP) is 1.46. The van der Waals surface area contributed by atoms with Crippen molar-refractivity contribution in [3.63, 3.8) is 0 Å². The van der Waals surface area contributed by atoms with Crippen LogP contribution in [0.25, 0.3) is 0 Å². The number of anilines is 2. The molecule has 0 radical (unpaired) electrons. The van der Waals surface area contributed by atoms with Crippen LogP contribution in [0.5, 0.6) is 5.75 Å². The summed E-state index contributed by atoms with van der Waals surface area (Å²) in [6.07, 6.45) is 0. The van der Waals surface area contributed by atoms with Crippen LogP contribution in [-0.2, 0) is 4.74 Å². The van der Waals surface area contributed by atoms with Gasteiger partial charge in [-0.2, -0.15) is 0 Å². The highest BCUT2D eigenvalue weighted by atomic mass is 35.5. The van der Waals surface area contributed by atoms with Crippen molar-refractivity contribution in [3.05, 3.63) is 17.2 Å². The number of nitrogen functional groups attached to an aromatic ring is 1. The smallest absolute Gasteiger partial charge is 0.136 e. The number of nitrogens with zero attached hydrogens (tertiary/aromatic N) is 1. The van der Waals surface area contributed by atoms with Gasteiger partial charge in [0.1, 0.15) is 10.8 Å². The average Bonchev–Trinajstić information content (AvgIpc) is 2.27. The van der Waals surface area contributed by atoms with Crippen LogP contribution in [0.15, 0.2) is 12.1 Å². The quantitative estimate of drug-likeness (QED) is 0.715. The summed E-state index contributed by atoms with van der Waals surface area (Å²) in [6, 6.07) is 3.34. The minimum Gasteiger partial charge on any atom is -0.506 e. The molecule has 1 aliphatic heterocycles. The molecule has 2 rings (SSSR count). The van der Waals surface area contributed by atoms with Gasteiger partial charge in [-0.25, -0.2) is 0 Å². The van der Waals surface area contributed by atoms with E-state index in [0.29, 0.717) is 18.9 Å². The van der Waals surface area contributed by atoms with E-state index >= 15 is 0 Å². The van der Waals surface area contributed by atoms with Crippen LogP contribution in [0.1, 0.15) is 0 Å². The molecular formula is C10H13ClN2O2. The number of phenols is 1. The molecule has 82 valence electrons. The highest BCUT2D eigenvalue weighted by Gasteiger charge is 2.16. The SMILES string of the molecule is Nc1c(N2CCOCC2)ccc(O)c1Cl. The summed E-state index contributed by atoms with van der Waals surface area (Å²) in [7, 11) is 0. The first kappa shape index (κ1) is 10.4. The molecule has 15 heavy (non-hydrogen) atoms. The zero-order valence-corrected chi connectivity index (χ0v) is 9.00. The van der Waals surface area contributed by atoms with Crippen LogP contribution >= 0.6 is 11.6 Å². The van der Waals surface area contributed by atoms with Crippen LogP contribution in [-0.4, -0.2) is 31.4 Å². The number of morpholine rings is 1. The summed E-state index contributed by atoms with van der Waals surface area (Å²) in [6.45, 7) is 2.98. The lowest BCUT2D eigenvalue weighted by atomic mass is 10.2. The van der Waals surface area contributed by atoms with Crippen LogP contribution in [0.3, 0.4) is 0 Å². The Labute approximate surface area is 93.2 Å². The van der Waals surface area contributed by atoms with Gasteiger partial charge in [-0.3, -0.25) is 0 Å². The van der Waals surface area contributed by atoms with Gasteiger partial charge in [0.05, 0.1) is 24.6 Å². The molecule has 1 heterocycles. The fourth-order valence-corrected chi connectivity index (χ4v) is 1.81. The topological polar surface area (TPSA) is 58.7 Å². The predicted molar refractivity (Wildman–Crippen MR) is 60.6 cm³/mol. The first-order valence-corrected chi connectivity index (χ1v) is 5.17. The van der Waals surface area contributed by atoms with Gasteiger partial charge in [-0.1, -0.05) is 11.6 Å². The molecule has 1 saturated heterocycles. The molecule has 0 aliphatic carbocycles. The maximum atomic E-state index is 9.37. The van der Waals surface area contributed by atoms with E-state index in [2.05, 4.69) is 4.90 Å². The molecule has 5 heteroatoms. The highest BCUT2D eigenvalue weighted by Crippen LogP contribution is 2.36. The summed E-state index contributed by atoms with van der Waals surface area (Å²) in [4.78, 5) is 2.10. The fourth-order valence-electron chi connectivity index (χ4n) is 1.65. The van der Waals surface area contributed by atoms with Crippen molar-refractivity contribution >= 4 is 23.0 Å². The van der Waals surface area contributed by atoms with Crippen molar-refractivity contribution in [2.75, 3.05) is 36.9 Å². The van der Waals surface area contributed by atoms with E-state index in [0.717, 1.165) is 18.8 Å². The Hall–Kier alpha value is -1.13. The second kappa shape index (κ2) is 4.16. The third kappa shape index (κ3) is 1.96. The number of halogens is 1. The normalized spacial score (nSPS) is 16.7. The van der Waals surface area contributed by atoms with Crippen molar-refractivity contribution in [3.8, 4) is 5.75 Å². The standard InChI is InChI=1S/C10H13ClN2O2/c11-9-8(14)2-1-7(10(9)12)13-3-5-15-6-4-13/h1-2,14H,3-6,12H2. The van der Waals surface area contributed by atoms with Crippen molar-refractivity contribution in [2.45, 2.75) is 0 Å². The molecule has 0 aromatic heterocycles. The maximum absolute atomic E-state index is 9.37. The molecule has 0 bridgehead atoms. The van der Waals surface area contributed by atoms with Gasteiger partial charge in [0.25, 0.3) is 0 Å². The van der Waals surface area contributed by atoms with Crippen molar-refractivity contribution < 1.29 is 9.84 Å². The Bertz CT molecular complexity index is 365. The van der Waals surface area contributed by atoms with Crippen molar-refractivity contribution in [1.29, 1.82) is 0 Å². The Morgan fingerprint density at radius 1 is 1.33 bits per heavy atom. The summed E-state index contributed by atoms with van der Waals surface area (Å²) < 4.78 is 5.25. The number of hydrogen-bond acceptors (Lipinski definition) is 4. The van der Waals surface area contributed by atoms with Gasteiger partial charge in [0, 0.05) is 13.1 Å². The van der Waals surface area contributed by atoms with Gasteiger partial charge in [0.15, 0.2) is 0 Å². The van der Waals surface area contributed by atoms with Gasteiger partial charge in [-0.05, 0) is 12.1 Å². The minimum absolute atomic E-state index is 0.0196. The van der Waals surface area contributed by atoms with E-state index in [1.54, 1.807) is 12.1 Å². The number of benzene rings is 1. The lowest BCUT2D eigenvalue weighted by Crippen LogP contribution is -2.36. The van der Waals surface area contributed by atoms with Crippen LogP contribution in [0, 0.1) is 0 Å². The van der Waals surface area contributed by atoms with Gasteiger partial charge < -0.3 is 20.5 Å². The molecule has 3 N–H and O–H groups in total. The average molecular weight is 229 g/mol. The zero-order valence-electron chi connectivity index (χ0n) is 8.24. The Balaban J connectivity index is 2.31. The minimum atomic E-state index is 0.0196. The molecule has 1 aliphatic rings. The van der Waals surface area contributed by atoms with E-state index in [4.69, 9.17) is 22.1 Å². The van der Waals surface area contributed by atoms with Gasteiger partial charge in [0.2, 0.25) is 0 Å². The first-order chi connectivity index (χ1) is 7.20. The number of hydrogen-bond donors (Lipinski definition) is 2. The Morgan fingerprint density at radius 2 is 2.00 bits per heavy atom. The molecule has 0 atom stereocenters. The summed E-state index contributed by atoms with van der Waals surface area (Å²) in [5.74, 6) is 0.0196. The van der Waals surface area contributed by atoms with Crippen molar-refractivity contribution in [2.24, 2.45) is 0 Å². The third-order valence-corrected chi connectivity index (χ3v) is 2.89. The monoisotopic (exact) mass is 228 g/mol. The van der Waals surface area contributed by atoms with E-state index < -0.39 is 0 Å². The largest absolute Gasteiger partial charge is 0.506 e. The number of aromatic hydroxyl groups is 1. The lowest BCUT2D eigenvalue weighted by molar-refractivity contribution is 0.123. The molecule has 0 saturated carbocycles. The molecule has 1 aromatic carbocycles. The molecule has 0 spiro atoms. The second-order valence-electron chi connectivity index (χ2n) is 3.43. The zero-order chi connectivity index (χ0) is 10.8. The summed E-state index contributed by atoms with van der Waals surface area (Å²) in [5, 5.41) is 9.59. The molecule has 0 amide bonds. The van der Waals surface area contributed by atoms with E-state index in [1.807, 2.05) is 0 Å². The number of nitrogens with two attached hydrogens (primary N) is 1. The van der Waals surface area contributed by atoms with E-state index in [9.17, 15) is 5.11 Å². The van der Waals surface area contributed by atoms with Gasteiger partial charge in [-0.15, -0.1) is 0 Å². The number of phenolic OH excluding ortho intramolecular Hbond substituents is 1. The van der Waals surface area contributed by atoms with Crippen LogP contribution in [0.4, 0.5) is 11.4 Å². The molecule has 0 unspecified atom stereocenters. The van der Waals surface area contributed by atoms with Crippen LogP contribution < -0.4 is 10.6 Å². The highest BCUT2D eigenvalue weighted by molar-refractivity contribution is 6.35. The van der Waals surface area contributed by atoms with Crippen LogP contribution in [0.2, 0.25) is 5.02 Å². The third-order valence-electron chi connectivity index (χ3n) is 2.49. The van der Waals surface area contributed by atoms with E-state index in [1.165, 1.54) is 0 Å². The first-order valence-electron chi connectivity index (χ1n) is 4.80. The molecule has 1 aromatic rings. The van der Waals surface area contributed by atoms with Crippen molar-refractivity contribution in [1.82, 2.24) is 0 Å². The molecule has 4 nitrogen and oxygen atoms in total. The van der Waals surface area contributed by atoms with E-state index in [-0.39, 0.29) is 10.8 Å². The maximum Gasteiger partial charge on any atom is 0.136 e. The lowest BCUT2D eigenvalue weighted by Gasteiger charge is -2.30. The molecule has 1 fully saturated rings. The molecular weight excluding hydrogens is 216 g/mol. The second-order valence-corrected chi connectivity index (χ2v) is 3.81. The number of ether oxygens (including phenoxy) is 1. The number of rotatable bonds is 1. The van der Waals surface area contributed by atoms with Gasteiger partial charge >= 0.3 is 0 Å². The summed E-state index contributed by atoms with van der Waals surface area (Å²) >= 11 is 5.87. The summed E-state index contributed by atoms with van der Waals surface area (Å²) in [5.41, 5.74) is 7.13. The Kier molecular flexibility index (Phi) is 2.88.